The van der Waals surface area contributed by atoms with Crippen molar-refractivity contribution in [2.24, 2.45) is 5.92 Å². The summed E-state index contributed by atoms with van der Waals surface area (Å²) in [6.45, 7) is 6.06. The van der Waals surface area contributed by atoms with Crippen LogP contribution in [-0.4, -0.2) is 46.4 Å². The maximum Gasteiger partial charge on any atom is 0.238 e. The number of methoxy groups -OCH3 is 1. The molecular weight excluding hydrogens is 500 g/mol. The summed E-state index contributed by atoms with van der Waals surface area (Å²) in [6, 6.07) is 12.2. The summed E-state index contributed by atoms with van der Waals surface area (Å²) in [5.74, 6) is 6.72. The molecule has 0 aliphatic carbocycles. The van der Waals surface area contributed by atoms with Crippen LogP contribution in [0.15, 0.2) is 42.5 Å². The highest BCUT2D eigenvalue weighted by atomic mass is 35.5. The molecule has 0 saturated heterocycles. The maximum atomic E-state index is 12.6. The van der Waals surface area contributed by atoms with Crippen molar-refractivity contribution >= 4 is 27.5 Å². The predicted octanol–water partition coefficient (Wildman–Crippen LogP) is 4.18. The minimum absolute atomic E-state index is 0.0000323. The third-order valence-electron chi connectivity index (χ3n) is 5.27. The molecule has 0 aromatic heterocycles. The minimum atomic E-state index is -3.48. The summed E-state index contributed by atoms with van der Waals surface area (Å²) in [5.41, 5.74) is 1.89. The maximum absolute atomic E-state index is 12.6. The summed E-state index contributed by atoms with van der Waals surface area (Å²) in [4.78, 5) is 12.6. The Morgan fingerprint density at radius 3 is 2.47 bits per heavy atom. The molecule has 2 rings (SSSR count). The fourth-order valence-electron chi connectivity index (χ4n) is 3.40. The van der Waals surface area contributed by atoms with Gasteiger partial charge >= 0.3 is 0 Å². The van der Waals surface area contributed by atoms with Crippen molar-refractivity contribution < 1.29 is 22.7 Å². The van der Waals surface area contributed by atoms with Gasteiger partial charge in [-0.25, -0.2) is 13.1 Å². The number of amides is 1. The monoisotopic (exact) mass is 534 g/mol. The average molecular weight is 535 g/mol. The van der Waals surface area contributed by atoms with Gasteiger partial charge in [-0.1, -0.05) is 50.3 Å². The highest BCUT2D eigenvalue weighted by Gasteiger charge is 2.26. The second kappa shape index (κ2) is 14.7. The van der Waals surface area contributed by atoms with E-state index in [1.807, 2.05) is 44.2 Å². The molecule has 0 spiro atoms. The molecule has 9 heteroatoms. The number of hydrogen-bond donors (Lipinski definition) is 2. The largest absolute Gasteiger partial charge is 0.493 e. The Kier molecular flexibility index (Phi) is 12.1. The second-order valence-electron chi connectivity index (χ2n) is 8.64. The Balaban J connectivity index is 1.85. The van der Waals surface area contributed by atoms with Gasteiger partial charge in [0.1, 0.15) is 12.6 Å². The number of aryl methyl sites for hydroxylation is 1. The van der Waals surface area contributed by atoms with E-state index in [4.69, 9.17) is 21.1 Å². The number of carbonyl (C=O) groups excluding carboxylic acids is 1. The molecule has 1 amide bonds. The molecular formula is C27H35ClN2O5S. The van der Waals surface area contributed by atoms with Crippen molar-refractivity contribution in [2.45, 2.75) is 46.1 Å². The number of carbonyl (C=O) groups is 1. The van der Waals surface area contributed by atoms with E-state index in [1.165, 1.54) is 0 Å². The predicted molar refractivity (Wildman–Crippen MR) is 144 cm³/mol. The van der Waals surface area contributed by atoms with Crippen LogP contribution in [0.2, 0.25) is 5.02 Å². The van der Waals surface area contributed by atoms with Gasteiger partial charge in [-0.2, -0.15) is 0 Å². The van der Waals surface area contributed by atoms with E-state index >= 15 is 0 Å². The van der Waals surface area contributed by atoms with E-state index in [0.29, 0.717) is 42.3 Å². The van der Waals surface area contributed by atoms with Crippen LogP contribution in [0, 0.1) is 17.8 Å². The van der Waals surface area contributed by atoms with Crippen molar-refractivity contribution in [2.75, 3.05) is 26.0 Å². The zero-order valence-electron chi connectivity index (χ0n) is 21.3. The highest BCUT2D eigenvalue weighted by Crippen LogP contribution is 2.28. The van der Waals surface area contributed by atoms with Crippen LogP contribution in [0.25, 0.3) is 0 Å². The van der Waals surface area contributed by atoms with Gasteiger partial charge in [0, 0.05) is 17.1 Å². The number of ether oxygens (including phenoxy) is 2. The van der Waals surface area contributed by atoms with E-state index < -0.39 is 16.1 Å². The quantitative estimate of drug-likeness (QED) is 0.297. The molecule has 2 aromatic carbocycles. The lowest BCUT2D eigenvalue weighted by Crippen LogP contribution is -2.50. The molecule has 0 aliphatic heterocycles. The molecule has 1 atom stereocenters. The van der Waals surface area contributed by atoms with Crippen molar-refractivity contribution in [1.82, 2.24) is 10.0 Å². The van der Waals surface area contributed by atoms with Gasteiger partial charge in [-0.05, 0) is 67.1 Å². The first-order chi connectivity index (χ1) is 17.1. The summed E-state index contributed by atoms with van der Waals surface area (Å²) < 4.78 is 37.9. The van der Waals surface area contributed by atoms with E-state index in [-0.39, 0.29) is 24.2 Å². The lowest BCUT2D eigenvalue weighted by molar-refractivity contribution is -0.123. The fraction of sp³-hybridized carbons (Fsp3) is 0.444. The van der Waals surface area contributed by atoms with Crippen molar-refractivity contribution in [3.05, 3.63) is 58.6 Å². The molecule has 0 heterocycles. The number of rotatable bonds is 13. The van der Waals surface area contributed by atoms with Crippen molar-refractivity contribution in [3.8, 4) is 23.3 Å². The molecule has 0 saturated carbocycles. The normalized spacial score (nSPS) is 11.9. The zero-order chi connectivity index (χ0) is 26.6. The van der Waals surface area contributed by atoms with Crippen molar-refractivity contribution in [1.29, 1.82) is 0 Å². The zero-order valence-corrected chi connectivity index (χ0v) is 22.8. The van der Waals surface area contributed by atoms with Crippen molar-refractivity contribution in [3.63, 3.8) is 0 Å². The Morgan fingerprint density at radius 1 is 1.11 bits per heavy atom. The van der Waals surface area contributed by atoms with E-state index in [1.54, 1.807) is 26.2 Å². The van der Waals surface area contributed by atoms with E-state index in [2.05, 4.69) is 21.9 Å². The lowest BCUT2D eigenvalue weighted by Gasteiger charge is -2.21. The highest BCUT2D eigenvalue weighted by molar-refractivity contribution is 7.89. The SMILES string of the molecule is CCCS(=O)(=O)N[C@H](C(=O)NCCCc1ccc(OCC#Cc2ccc(Cl)cc2)c(OC)c1)C(C)C. The smallest absolute Gasteiger partial charge is 0.238 e. The number of sulfonamides is 1. The lowest BCUT2D eigenvalue weighted by atomic mass is 10.0. The fourth-order valence-corrected chi connectivity index (χ4v) is 4.95. The average Bonchev–Trinajstić information content (AvgIpc) is 2.84. The second-order valence-corrected chi connectivity index (χ2v) is 10.9. The molecule has 0 fully saturated rings. The molecule has 0 bridgehead atoms. The first kappa shape index (κ1) is 29.5. The third-order valence-corrected chi connectivity index (χ3v) is 7.09. The van der Waals surface area contributed by atoms with Crippen LogP contribution < -0.4 is 19.5 Å². The topological polar surface area (TPSA) is 93.7 Å². The summed E-state index contributed by atoms with van der Waals surface area (Å²) in [6.07, 6.45) is 1.89. The van der Waals surface area contributed by atoms with E-state index in [0.717, 1.165) is 11.1 Å². The third kappa shape index (κ3) is 10.1. The number of hydrogen-bond acceptors (Lipinski definition) is 5. The first-order valence-corrected chi connectivity index (χ1v) is 14.0. The summed E-state index contributed by atoms with van der Waals surface area (Å²) >= 11 is 5.88. The molecule has 2 N–H and O–H groups in total. The summed E-state index contributed by atoms with van der Waals surface area (Å²) in [7, 11) is -1.90. The van der Waals surface area contributed by atoms with Crippen LogP contribution in [0.4, 0.5) is 0 Å². The molecule has 0 unspecified atom stereocenters. The van der Waals surface area contributed by atoms with Crippen LogP contribution >= 0.6 is 11.6 Å². The Bertz CT molecular complexity index is 1150. The Hall–Kier alpha value is -2.73. The number of nitrogens with one attached hydrogen (secondary N) is 2. The molecule has 196 valence electrons. The van der Waals surface area contributed by atoms with Crippen LogP contribution in [0.1, 0.15) is 44.7 Å². The Labute approximate surface area is 220 Å². The van der Waals surface area contributed by atoms with Gasteiger partial charge in [0.05, 0.1) is 12.9 Å². The van der Waals surface area contributed by atoms with E-state index in [9.17, 15) is 13.2 Å². The molecule has 0 radical (unpaired) electrons. The first-order valence-electron chi connectivity index (χ1n) is 12.0. The molecule has 36 heavy (non-hydrogen) atoms. The Morgan fingerprint density at radius 2 is 1.83 bits per heavy atom. The molecule has 7 nitrogen and oxygen atoms in total. The number of halogens is 1. The van der Waals surface area contributed by atoms with Gasteiger partial charge in [0.25, 0.3) is 0 Å². The summed E-state index contributed by atoms with van der Waals surface area (Å²) in [5, 5.41) is 3.51. The molecule has 0 aliphatic rings. The number of benzene rings is 2. The molecule has 2 aromatic rings. The van der Waals surface area contributed by atoms with Crippen LogP contribution in [0.5, 0.6) is 11.5 Å². The van der Waals surface area contributed by atoms with Gasteiger partial charge in [-0.3, -0.25) is 4.79 Å². The van der Waals surface area contributed by atoms with Gasteiger partial charge < -0.3 is 14.8 Å². The van der Waals surface area contributed by atoms with Gasteiger partial charge in [-0.15, -0.1) is 0 Å². The van der Waals surface area contributed by atoms with Crippen LogP contribution in [0.3, 0.4) is 0 Å². The standard InChI is InChI=1S/C27H35ClN2O5S/c1-5-18-36(32,33)30-26(20(2)3)27(31)29-16-6-8-22-12-15-24(25(19-22)34-4)35-17-7-9-21-10-13-23(28)14-11-21/h10-15,19-20,26,30H,5-6,8,16-18H2,1-4H3,(H,29,31)/t26-/m0/s1. The van der Waals surface area contributed by atoms with Gasteiger partial charge in [0.15, 0.2) is 11.5 Å². The van der Waals surface area contributed by atoms with Crippen LogP contribution in [-0.2, 0) is 21.2 Å². The minimum Gasteiger partial charge on any atom is -0.493 e. The van der Waals surface area contributed by atoms with Gasteiger partial charge in [0.2, 0.25) is 15.9 Å².